The van der Waals surface area contributed by atoms with E-state index in [-0.39, 0.29) is 24.5 Å². The number of amides is 2. The van der Waals surface area contributed by atoms with Crippen molar-refractivity contribution in [2.24, 2.45) is 5.92 Å². The Morgan fingerprint density at radius 2 is 1.91 bits per heavy atom. The molecule has 0 saturated heterocycles. The average Bonchev–Trinajstić information content (AvgIpc) is 2.57. The van der Waals surface area contributed by atoms with E-state index in [0.29, 0.717) is 12.5 Å². The number of hydrogen-bond donors (Lipinski definition) is 1. The molecule has 1 fully saturated rings. The number of urea groups is 1. The first-order valence-electron chi connectivity index (χ1n) is 8.31. The fourth-order valence-electron chi connectivity index (χ4n) is 3.21. The van der Waals surface area contributed by atoms with Crippen LogP contribution in [0, 0.1) is 5.92 Å². The molecule has 0 radical (unpaired) electrons. The summed E-state index contributed by atoms with van der Waals surface area (Å²) in [5, 5.41) is 2.94. The average molecular weight is 318 g/mol. The van der Waals surface area contributed by atoms with E-state index in [1.54, 1.807) is 0 Å². The SMILES string of the molecule is COC(=O)CCN(C(=O)Nc1ccccc1)C1CCCCC1C. The van der Waals surface area contributed by atoms with Crippen LogP contribution < -0.4 is 5.32 Å². The molecule has 2 rings (SSSR count). The molecule has 126 valence electrons. The van der Waals surface area contributed by atoms with Crippen molar-refractivity contribution >= 4 is 17.7 Å². The maximum atomic E-state index is 12.7. The van der Waals surface area contributed by atoms with Gasteiger partial charge >= 0.3 is 12.0 Å². The van der Waals surface area contributed by atoms with Gasteiger partial charge in [-0.15, -0.1) is 0 Å². The Balaban J connectivity index is 2.07. The van der Waals surface area contributed by atoms with Crippen molar-refractivity contribution in [1.29, 1.82) is 0 Å². The van der Waals surface area contributed by atoms with Gasteiger partial charge in [-0.05, 0) is 30.9 Å². The lowest BCUT2D eigenvalue weighted by atomic mass is 9.85. The van der Waals surface area contributed by atoms with Gasteiger partial charge in [-0.2, -0.15) is 0 Å². The molecule has 0 heterocycles. The van der Waals surface area contributed by atoms with Gasteiger partial charge in [-0.25, -0.2) is 4.79 Å². The number of methoxy groups -OCH3 is 1. The predicted octanol–water partition coefficient (Wildman–Crippen LogP) is 3.66. The summed E-state index contributed by atoms with van der Waals surface area (Å²) in [5.74, 6) is 0.161. The summed E-state index contributed by atoms with van der Waals surface area (Å²) < 4.78 is 4.72. The van der Waals surface area contributed by atoms with Crippen LogP contribution in [0.15, 0.2) is 30.3 Å². The lowest BCUT2D eigenvalue weighted by Crippen LogP contribution is -2.48. The predicted molar refractivity (Wildman–Crippen MR) is 90.2 cm³/mol. The minimum atomic E-state index is -0.286. The van der Waals surface area contributed by atoms with Crippen LogP contribution in [0.3, 0.4) is 0 Å². The van der Waals surface area contributed by atoms with Crippen LogP contribution in [0.25, 0.3) is 0 Å². The number of carbonyl (C=O) groups excluding carboxylic acids is 2. The van der Waals surface area contributed by atoms with E-state index in [0.717, 1.165) is 24.9 Å². The van der Waals surface area contributed by atoms with Gasteiger partial charge in [0.05, 0.1) is 13.5 Å². The van der Waals surface area contributed by atoms with Gasteiger partial charge in [0.15, 0.2) is 0 Å². The van der Waals surface area contributed by atoms with E-state index in [4.69, 9.17) is 4.74 Å². The molecule has 0 aromatic heterocycles. The van der Waals surface area contributed by atoms with E-state index in [1.165, 1.54) is 13.5 Å². The maximum Gasteiger partial charge on any atom is 0.322 e. The molecule has 1 aromatic rings. The minimum Gasteiger partial charge on any atom is -0.469 e. The van der Waals surface area contributed by atoms with Crippen LogP contribution in [0.1, 0.15) is 39.0 Å². The Hall–Kier alpha value is -2.04. The smallest absolute Gasteiger partial charge is 0.322 e. The summed E-state index contributed by atoms with van der Waals surface area (Å²) in [6.07, 6.45) is 4.68. The highest BCUT2D eigenvalue weighted by molar-refractivity contribution is 5.89. The van der Waals surface area contributed by atoms with E-state index >= 15 is 0 Å². The second kappa shape index (κ2) is 8.56. The number of ether oxygens (including phenoxy) is 1. The number of para-hydroxylation sites is 1. The Labute approximate surface area is 138 Å². The number of nitrogens with zero attached hydrogens (tertiary/aromatic N) is 1. The summed E-state index contributed by atoms with van der Waals surface area (Å²) in [7, 11) is 1.37. The first-order valence-corrected chi connectivity index (χ1v) is 8.31. The lowest BCUT2D eigenvalue weighted by molar-refractivity contribution is -0.140. The maximum absolute atomic E-state index is 12.7. The van der Waals surface area contributed by atoms with Crippen LogP contribution in [0.5, 0.6) is 0 Å². The van der Waals surface area contributed by atoms with Gasteiger partial charge in [0, 0.05) is 18.3 Å². The highest BCUT2D eigenvalue weighted by Gasteiger charge is 2.30. The molecular formula is C18H26N2O3. The molecule has 2 atom stereocenters. The molecule has 1 aromatic carbocycles. The van der Waals surface area contributed by atoms with Gasteiger partial charge in [-0.3, -0.25) is 4.79 Å². The van der Waals surface area contributed by atoms with Crippen LogP contribution in [0.4, 0.5) is 10.5 Å². The minimum absolute atomic E-state index is 0.140. The standard InChI is InChI=1S/C18H26N2O3/c1-14-8-6-7-11-16(14)20(13-12-17(21)23-2)18(22)19-15-9-4-3-5-10-15/h3-5,9-10,14,16H,6-8,11-13H2,1-2H3,(H,19,22). The number of carbonyl (C=O) groups is 2. The van der Waals surface area contributed by atoms with Gasteiger partial charge in [-0.1, -0.05) is 38.0 Å². The number of esters is 1. The Morgan fingerprint density at radius 1 is 1.22 bits per heavy atom. The van der Waals surface area contributed by atoms with Gasteiger partial charge in [0.1, 0.15) is 0 Å². The molecule has 1 aliphatic rings. The van der Waals surface area contributed by atoms with Crippen molar-refractivity contribution in [3.8, 4) is 0 Å². The summed E-state index contributed by atoms with van der Waals surface area (Å²) in [5.41, 5.74) is 0.768. The van der Waals surface area contributed by atoms with E-state index < -0.39 is 0 Å². The normalized spacial score (nSPS) is 20.6. The summed E-state index contributed by atoms with van der Waals surface area (Å²) >= 11 is 0. The number of anilines is 1. The van der Waals surface area contributed by atoms with E-state index in [2.05, 4.69) is 12.2 Å². The Morgan fingerprint density at radius 3 is 2.57 bits per heavy atom. The van der Waals surface area contributed by atoms with Crippen molar-refractivity contribution in [2.75, 3.05) is 19.0 Å². The van der Waals surface area contributed by atoms with Crippen molar-refractivity contribution in [1.82, 2.24) is 4.90 Å². The number of hydrogen-bond acceptors (Lipinski definition) is 3. The zero-order valence-corrected chi connectivity index (χ0v) is 14.0. The highest BCUT2D eigenvalue weighted by atomic mass is 16.5. The molecule has 5 heteroatoms. The summed E-state index contributed by atoms with van der Waals surface area (Å²) in [6, 6.07) is 9.45. The zero-order chi connectivity index (χ0) is 16.7. The van der Waals surface area contributed by atoms with Gasteiger partial charge in [0.25, 0.3) is 0 Å². The van der Waals surface area contributed by atoms with Crippen LogP contribution >= 0.6 is 0 Å². The summed E-state index contributed by atoms with van der Waals surface area (Å²) in [6.45, 7) is 2.57. The van der Waals surface area contributed by atoms with Crippen LogP contribution in [-0.4, -0.2) is 36.6 Å². The third kappa shape index (κ3) is 4.98. The van der Waals surface area contributed by atoms with Crippen molar-refractivity contribution < 1.29 is 14.3 Å². The zero-order valence-electron chi connectivity index (χ0n) is 14.0. The molecule has 1 saturated carbocycles. The lowest BCUT2D eigenvalue weighted by Gasteiger charge is -2.38. The van der Waals surface area contributed by atoms with Gasteiger partial charge < -0.3 is 15.0 Å². The van der Waals surface area contributed by atoms with Crippen molar-refractivity contribution in [2.45, 2.75) is 45.1 Å². The fourth-order valence-corrected chi connectivity index (χ4v) is 3.21. The first kappa shape index (κ1) is 17.3. The Bertz CT molecular complexity index is 518. The van der Waals surface area contributed by atoms with Crippen molar-refractivity contribution in [3.63, 3.8) is 0 Å². The monoisotopic (exact) mass is 318 g/mol. The second-order valence-corrected chi connectivity index (χ2v) is 6.14. The molecule has 0 spiro atoms. The molecule has 0 bridgehead atoms. The molecular weight excluding hydrogens is 292 g/mol. The number of benzene rings is 1. The largest absolute Gasteiger partial charge is 0.469 e. The molecule has 1 N–H and O–H groups in total. The number of nitrogens with one attached hydrogen (secondary N) is 1. The van der Waals surface area contributed by atoms with Crippen molar-refractivity contribution in [3.05, 3.63) is 30.3 Å². The van der Waals surface area contributed by atoms with E-state index in [9.17, 15) is 9.59 Å². The number of rotatable bonds is 5. The molecule has 2 unspecified atom stereocenters. The quantitative estimate of drug-likeness (QED) is 0.843. The first-order chi connectivity index (χ1) is 11.1. The van der Waals surface area contributed by atoms with Gasteiger partial charge in [0.2, 0.25) is 0 Å². The highest BCUT2D eigenvalue weighted by Crippen LogP contribution is 2.28. The summed E-state index contributed by atoms with van der Waals surface area (Å²) in [4.78, 5) is 26.0. The van der Waals surface area contributed by atoms with E-state index in [1.807, 2.05) is 35.2 Å². The Kier molecular flexibility index (Phi) is 6.44. The molecule has 23 heavy (non-hydrogen) atoms. The molecule has 0 aliphatic heterocycles. The third-order valence-corrected chi connectivity index (χ3v) is 4.54. The second-order valence-electron chi connectivity index (χ2n) is 6.14. The molecule has 1 aliphatic carbocycles. The molecule has 5 nitrogen and oxygen atoms in total. The third-order valence-electron chi connectivity index (χ3n) is 4.54. The molecule has 2 amide bonds. The van der Waals surface area contributed by atoms with Crippen LogP contribution in [0.2, 0.25) is 0 Å². The fraction of sp³-hybridized carbons (Fsp3) is 0.556. The van der Waals surface area contributed by atoms with Crippen LogP contribution in [-0.2, 0) is 9.53 Å². The topological polar surface area (TPSA) is 58.6 Å².